The van der Waals surface area contributed by atoms with Crippen LogP contribution in [0.4, 0.5) is 17.1 Å². The van der Waals surface area contributed by atoms with Gasteiger partial charge in [-0.15, -0.1) is 0 Å². The Hall–Kier alpha value is -3.07. The van der Waals surface area contributed by atoms with E-state index in [0.717, 1.165) is 28.2 Å². The third-order valence-electron chi connectivity index (χ3n) is 5.03. The van der Waals surface area contributed by atoms with Crippen LogP contribution in [0, 0.1) is 6.92 Å². The topological polar surface area (TPSA) is 96.0 Å². The second-order valence-corrected chi connectivity index (χ2v) is 10.0. The number of aryl methyl sites for hydroxylation is 1. The second kappa shape index (κ2) is 9.60. The first-order valence-corrected chi connectivity index (χ1v) is 12.3. The lowest BCUT2D eigenvalue weighted by Gasteiger charge is -2.23. The van der Waals surface area contributed by atoms with Crippen molar-refractivity contribution in [2.45, 2.75) is 39.7 Å². The summed E-state index contributed by atoms with van der Waals surface area (Å²) in [7, 11) is -3.69. The number of hydrogen-bond donors (Lipinski definition) is 1. The lowest BCUT2D eigenvalue weighted by Crippen LogP contribution is -2.37. The van der Waals surface area contributed by atoms with Gasteiger partial charge in [0.25, 0.3) is 0 Å². The third-order valence-corrected chi connectivity index (χ3v) is 6.17. The largest absolute Gasteiger partial charge is 0.491 e. The van der Waals surface area contributed by atoms with E-state index in [1.54, 1.807) is 47.4 Å². The van der Waals surface area contributed by atoms with E-state index in [2.05, 4.69) is 5.32 Å². The van der Waals surface area contributed by atoms with Crippen LogP contribution in [-0.4, -0.2) is 45.7 Å². The van der Waals surface area contributed by atoms with Crippen molar-refractivity contribution in [3.05, 3.63) is 48.0 Å². The molecule has 0 aromatic heterocycles. The van der Waals surface area contributed by atoms with Crippen molar-refractivity contribution < 1.29 is 22.7 Å². The predicted octanol–water partition coefficient (Wildman–Crippen LogP) is 3.31. The summed E-state index contributed by atoms with van der Waals surface area (Å²) in [6.45, 7) is 6.00. The predicted molar refractivity (Wildman–Crippen MR) is 126 cm³/mol. The summed E-state index contributed by atoms with van der Waals surface area (Å²) in [6, 6.07) is 11.9. The Morgan fingerprint density at radius 3 is 2.41 bits per heavy atom. The van der Waals surface area contributed by atoms with Crippen LogP contribution in [0.5, 0.6) is 5.75 Å². The summed E-state index contributed by atoms with van der Waals surface area (Å²) in [4.78, 5) is 26.4. The van der Waals surface area contributed by atoms with Gasteiger partial charge in [-0.25, -0.2) is 8.42 Å². The minimum absolute atomic E-state index is 0.00364. The van der Waals surface area contributed by atoms with Gasteiger partial charge in [0.2, 0.25) is 21.8 Å². The summed E-state index contributed by atoms with van der Waals surface area (Å²) in [5, 5.41) is 2.75. The van der Waals surface area contributed by atoms with E-state index >= 15 is 0 Å². The van der Waals surface area contributed by atoms with Gasteiger partial charge in [0.05, 0.1) is 18.0 Å². The number of carbonyl (C=O) groups excluding carboxylic acids is 2. The van der Waals surface area contributed by atoms with Crippen molar-refractivity contribution in [2.75, 3.05) is 33.9 Å². The molecule has 0 unspecified atom stereocenters. The first-order valence-electron chi connectivity index (χ1n) is 10.5. The van der Waals surface area contributed by atoms with E-state index in [9.17, 15) is 18.0 Å². The van der Waals surface area contributed by atoms with Gasteiger partial charge in [-0.05, 0) is 75.2 Å². The monoisotopic (exact) mass is 459 g/mol. The van der Waals surface area contributed by atoms with Crippen molar-refractivity contribution in [3.63, 3.8) is 0 Å². The van der Waals surface area contributed by atoms with Crippen LogP contribution in [-0.2, 0) is 19.6 Å². The summed E-state index contributed by atoms with van der Waals surface area (Å²) in [5.41, 5.74) is 2.60. The number of nitrogens with one attached hydrogen (secondary N) is 1. The highest BCUT2D eigenvalue weighted by Gasteiger charge is 2.24. The molecule has 1 heterocycles. The van der Waals surface area contributed by atoms with Gasteiger partial charge in [-0.3, -0.25) is 13.9 Å². The standard InChI is InChI=1S/C23H29N3O5S/c1-16(2)31-20-10-8-19(9-11-20)26(32(4,29)30)15-22(27)24-18-7-12-21(17(3)14-18)25-13-5-6-23(25)28/h7-12,14,16H,5-6,13,15H2,1-4H3,(H,24,27). The fraction of sp³-hybridized carbons (Fsp3) is 0.391. The lowest BCUT2D eigenvalue weighted by atomic mass is 10.1. The van der Waals surface area contributed by atoms with E-state index in [0.29, 0.717) is 30.1 Å². The molecule has 1 N–H and O–H groups in total. The number of amides is 2. The van der Waals surface area contributed by atoms with Crippen molar-refractivity contribution in [3.8, 4) is 5.75 Å². The van der Waals surface area contributed by atoms with Crippen LogP contribution in [0.25, 0.3) is 0 Å². The van der Waals surface area contributed by atoms with Gasteiger partial charge in [0.1, 0.15) is 12.3 Å². The molecule has 0 aliphatic carbocycles. The van der Waals surface area contributed by atoms with Crippen LogP contribution in [0.15, 0.2) is 42.5 Å². The average molecular weight is 460 g/mol. The summed E-state index contributed by atoms with van der Waals surface area (Å²) in [6.07, 6.45) is 2.44. The fourth-order valence-electron chi connectivity index (χ4n) is 3.63. The van der Waals surface area contributed by atoms with Crippen LogP contribution in [0.2, 0.25) is 0 Å². The number of nitrogens with zero attached hydrogens (tertiary/aromatic N) is 2. The highest BCUT2D eigenvalue weighted by Crippen LogP contribution is 2.28. The Labute approximate surface area is 189 Å². The molecule has 172 valence electrons. The Morgan fingerprint density at radius 1 is 1.19 bits per heavy atom. The summed E-state index contributed by atoms with van der Waals surface area (Å²) < 4.78 is 31.3. The summed E-state index contributed by atoms with van der Waals surface area (Å²) in [5.74, 6) is 0.245. The molecule has 0 spiro atoms. The van der Waals surface area contributed by atoms with Crippen LogP contribution < -0.4 is 19.3 Å². The molecule has 3 rings (SSSR count). The fourth-order valence-corrected chi connectivity index (χ4v) is 4.49. The number of carbonyl (C=O) groups is 2. The highest BCUT2D eigenvalue weighted by molar-refractivity contribution is 7.92. The summed E-state index contributed by atoms with van der Waals surface area (Å²) >= 11 is 0. The number of sulfonamides is 1. The molecular weight excluding hydrogens is 430 g/mol. The molecule has 9 heteroatoms. The molecule has 0 atom stereocenters. The quantitative estimate of drug-likeness (QED) is 0.653. The van der Waals surface area contributed by atoms with Crippen LogP contribution in [0.1, 0.15) is 32.3 Å². The molecule has 2 aromatic rings. The maximum absolute atomic E-state index is 12.7. The van der Waals surface area contributed by atoms with Gasteiger partial charge >= 0.3 is 0 Å². The molecule has 2 aromatic carbocycles. The zero-order chi connectivity index (χ0) is 23.5. The Kier molecular flexibility index (Phi) is 7.08. The van der Waals surface area contributed by atoms with Crippen molar-refractivity contribution in [2.24, 2.45) is 0 Å². The lowest BCUT2D eigenvalue weighted by molar-refractivity contribution is -0.117. The normalized spacial score (nSPS) is 14.0. The molecule has 1 aliphatic heterocycles. The van der Waals surface area contributed by atoms with Gasteiger partial charge in [-0.2, -0.15) is 0 Å². The van der Waals surface area contributed by atoms with Gasteiger partial charge in [0.15, 0.2) is 0 Å². The average Bonchev–Trinajstić information content (AvgIpc) is 3.11. The number of ether oxygens (including phenoxy) is 1. The molecule has 1 fully saturated rings. The van der Waals surface area contributed by atoms with E-state index in [1.807, 2.05) is 20.8 Å². The Balaban J connectivity index is 1.72. The molecule has 0 radical (unpaired) electrons. The van der Waals surface area contributed by atoms with E-state index in [1.165, 1.54) is 0 Å². The maximum atomic E-state index is 12.7. The van der Waals surface area contributed by atoms with E-state index < -0.39 is 15.9 Å². The van der Waals surface area contributed by atoms with Gasteiger partial charge < -0.3 is 15.0 Å². The Bertz CT molecular complexity index is 1100. The zero-order valence-corrected chi connectivity index (χ0v) is 19.6. The Morgan fingerprint density at radius 2 is 1.88 bits per heavy atom. The van der Waals surface area contributed by atoms with Crippen molar-refractivity contribution in [1.82, 2.24) is 0 Å². The number of hydrogen-bond acceptors (Lipinski definition) is 5. The smallest absolute Gasteiger partial charge is 0.245 e. The van der Waals surface area contributed by atoms with Crippen LogP contribution in [0.3, 0.4) is 0 Å². The van der Waals surface area contributed by atoms with Crippen molar-refractivity contribution >= 4 is 38.9 Å². The minimum Gasteiger partial charge on any atom is -0.491 e. The minimum atomic E-state index is -3.69. The molecular formula is C23H29N3O5S. The molecule has 0 saturated carbocycles. The molecule has 1 aliphatic rings. The first-order chi connectivity index (χ1) is 15.0. The SMILES string of the molecule is Cc1cc(NC(=O)CN(c2ccc(OC(C)C)cc2)S(C)(=O)=O)ccc1N1CCCC1=O. The molecule has 2 amide bonds. The van der Waals surface area contributed by atoms with E-state index in [-0.39, 0.29) is 18.6 Å². The van der Waals surface area contributed by atoms with E-state index in [4.69, 9.17) is 4.74 Å². The van der Waals surface area contributed by atoms with Gasteiger partial charge in [0, 0.05) is 24.3 Å². The van der Waals surface area contributed by atoms with Crippen molar-refractivity contribution in [1.29, 1.82) is 0 Å². The molecule has 0 bridgehead atoms. The zero-order valence-electron chi connectivity index (χ0n) is 18.8. The third kappa shape index (κ3) is 5.79. The second-order valence-electron chi connectivity index (χ2n) is 8.13. The first kappa shape index (κ1) is 23.6. The number of anilines is 3. The number of benzene rings is 2. The van der Waals surface area contributed by atoms with Crippen LogP contribution >= 0.6 is 0 Å². The molecule has 1 saturated heterocycles. The highest BCUT2D eigenvalue weighted by atomic mass is 32.2. The molecule has 32 heavy (non-hydrogen) atoms. The number of rotatable bonds is 8. The maximum Gasteiger partial charge on any atom is 0.245 e. The molecule has 8 nitrogen and oxygen atoms in total. The van der Waals surface area contributed by atoms with Gasteiger partial charge in [-0.1, -0.05) is 0 Å².